The summed E-state index contributed by atoms with van der Waals surface area (Å²) in [7, 11) is 0. The summed E-state index contributed by atoms with van der Waals surface area (Å²) in [6.45, 7) is 2.14. The molecular formula is C15H22O. The van der Waals surface area contributed by atoms with Gasteiger partial charge < -0.3 is 5.11 Å². The Hall–Kier alpha value is -0.820. The lowest BCUT2D eigenvalue weighted by Crippen LogP contribution is -2.18. The van der Waals surface area contributed by atoms with E-state index in [1.165, 1.54) is 30.4 Å². The molecule has 2 rings (SSSR count). The normalized spacial score (nSPS) is 22.2. The van der Waals surface area contributed by atoms with Crippen molar-refractivity contribution in [2.24, 2.45) is 0 Å². The minimum absolute atomic E-state index is 0.149. The van der Waals surface area contributed by atoms with Gasteiger partial charge in [0.1, 0.15) is 0 Å². The van der Waals surface area contributed by atoms with Gasteiger partial charge in [-0.05, 0) is 36.8 Å². The predicted molar refractivity (Wildman–Crippen MR) is 67.7 cm³/mol. The molecule has 0 aliphatic heterocycles. The monoisotopic (exact) mass is 218 g/mol. The van der Waals surface area contributed by atoms with Gasteiger partial charge in [-0.3, -0.25) is 0 Å². The molecule has 0 spiro atoms. The van der Waals surface area contributed by atoms with Crippen molar-refractivity contribution in [1.29, 1.82) is 0 Å². The third-order valence-corrected chi connectivity index (χ3v) is 3.71. The van der Waals surface area contributed by atoms with Crippen LogP contribution in [0.15, 0.2) is 24.3 Å². The van der Waals surface area contributed by atoms with Gasteiger partial charge in [-0.15, -0.1) is 0 Å². The molecule has 0 radical (unpaired) electrons. The Kier molecular flexibility index (Phi) is 4.00. The van der Waals surface area contributed by atoms with Crippen LogP contribution in [-0.4, -0.2) is 11.2 Å². The summed E-state index contributed by atoms with van der Waals surface area (Å²) < 4.78 is 0. The molecule has 0 saturated heterocycles. The molecule has 0 amide bonds. The van der Waals surface area contributed by atoms with E-state index in [0.717, 1.165) is 19.3 Å². The molecule has 0 bridgehead atoms. The molecule has 88 valence electrons. The van der Waals surface area contributed by atoms with Gasteiger partial charge >= 0.3 is 0 Å². The van der Waals surface area contributed by atoms with E-state index >= 15 is 0 Å². The summed E-state index contributed by atoms with van der Waals surface area (Å²) in [5, 5.41) is 10.2. The molecule has 2 unspecified atom stereocenters. The van der Waals surface area contributed by atoms with Crippen molar-refractivity contribution < 1.29 is 5.11 Å². The van der Waals surface area contributed by atoms with Crippen molar-refractivity contribution in [3.63, 3.8) is 0 Å². The van der Waals surface area contributed by atoms with Crippen LogP contribution in [0.5, 0.6) is 0 Å². The van der Waals surface area contributed by atoms with Crippen molar-refractivity contribution in [2.45, 2.75) is 57.5 Å². The van der Waals surface area contributed by atoms with E-state index in [1.54, 1.807) is 0 Å². The first kappa shape index (κ1) is 11.7. The number of rotatable bonds is 3. The quantitative estimate of drug-likeness (QED) is 0.768. The van der Waals surface area contributed by atoms with Gasteiger partial charge in [0, 0.05) is 5.92 Å². The van der Waals surface area contributed by atoms with E-state index in [-0.39, 0.29) is 6.10 Å². The van der Waals surface area contributed by atoms with E-state index in [2.05, 4.69) is 31.2 Å². The van der Waals surface area contributed by atoms with Crippen LogP contribution >= 0.6 is 0 Å². The molecule has 1 aliphatic carbocycles. The zero-order chi connectivity index (χ0) is 11.4. The van der Waals surface area contributed by atoms with Crippen LogP contribution in [0.3, 0.4) is 0 Å². The van der Waals surface area contributed by atoms with Crippen LogP contribution < -0.4 is 0 Å². The maximum absolute atomic E-state index is 10.2. The number of aliphatic hydroxyl groups is 1. The van der Waals surface area contributed by atoms with Crippen LogP contribution in [0.4, 0.5) is 0 Å². The lowest BCUT2D eigenvalue weighted by Gasteiger charge is -2.23. The van der Waals surface area contributed by atoms with Crippen LogP contribution in [0, 0.1) is 0 Å². The topological polar surface area (TPSA) is 20.2 Å². The Morgan fingerprint density at radius 1 is 1.31 bits per heavy atom. The summed E-state index contributed by atoms with van der Waals surface area (Å²) in [4.78, 5) is 0. The summed E-state index contributed by atoms with van der Waals surface area (Å²) >= 11 is 0. The van der Waals surface area contributed by atoms with Crippen LogP contribution in [0.2, 0.25) is 0 Å². The first-order chi connectivity index (χ1) is 7.83. The van der Waals surface area contributed by atoms with E-state index in [4.69, 9.17) is 0 Å². The van der Waals surface area contributed by atoms with Gasteiger partial charge in [0.25, 0.3) is 0 Å². The molecule has 1 heteroatoms. The maximum atomic E-state index is 10.2. The summed E-state index contributed by atoms with van der Waals surface area (Å²) in [6.07, 6.45) is 6.71. The second kappa shape index (κ2) is 5.49. The fraction of sp³-hybridized carbons (Fsp3) is 0.600. The highest BCUT2D eigenvalue weighted by Crippen LogP contribution is 2.34. The van der Waals surface area contributed by atoms with Gasteiger partial charge in [-0.25, -0.2) is 0 Å². The lowest BCUT2D eigenvalue weighted by molar-refractivity contribution is 0.128. The minimum atomic E-state index is -0.149. The number of aliphatic hydroxyl groups excluding tert-OH is 1. The second-order valence-corrected chi connectivity index (χ2v) is 4.91. The Labute approximate surface area is 98.5 Å². The average molecular weight is 218 g/mol. The minimum Gasteiger partial charge on any atom is -0.392 e. The Morgan fingerprint density at radius 2 is 2.12 bits per heavy atom. The summed E-state index contributed by atoms with van der Waals surface area (Å²) in [6, 6.07) is 8.67. The highest BCUT2D eigenvalue weighted by Gasteiger charge is 2.24. The molecule has 0 fully saturated rings. The van der Waals surface area contributed by atoms with Gasteiger partial charge in [0.15, 0.2) is 0 Å². The van der Waals surface area contributed by atoms with Gasteiger partial charge in [-0.1, -0.05) is 44.0 Å². The van der Waals surface area contributed by atoms with E-state index < -0.39 is 0 Å². The van der Waals surface area contributed by atoms with E-state index in [1.807, 2.05) is 0 Å². The molecule has 0 aromatic heterocycles. The molecule has 0 saturated carbocycles. The summed E-state index contributed by atoms with van der Waals surface area (Å²) in [5.41, 5.74) is 2.86. The molecule has 16 heavy (non-hydrogen) atoms. The largest absolute Gasteiger partial charge is 0.392 e. The zero-order valence-electron chi connectivity index (χ0n) is 10.2. The fourth-order valence-electron chi connectivity index (χ4n) is 2.86. The SMILES string of the molecule is CCCC(O)C1CCCCc2ccccc21. The molecule has 1 aromatic rings. The molecule has 1 nitrogen and oxygen atoms in total. The van der Waals surface area contributed by atoms with Crippen LogP contribution in [0.1, 0.15) is 56.1 Å². The number of aryl methyl sites for hydroxylation is 1. The van der Waals surface area contributed by atoms with Gasteiger partial charge in [-0.2, -0.15) is 0 Å². The highest BCUT2D eigenvalue weighted by molar-refractivity contribution is 5.32. The van der Waals surface area contributed by atoms with Crippen LogP contribution in [0.25, 0.3) is 0 Å². The molecular weight excluding hydrogens is 196 g/mol. The first-order valence-corrected chi connectivity index (χ1v) is 6.58. The zero-order valence-corrected chi connectivity index (χ0v) is 10.2. The van der Waals surface area contributed by atoms with Crippen molar-refractivity contribution in [3.8, 4) is 0 Å². The third kappa shape index (κ3) is 2.46. The molecule has 1 N–H and O–H groups in total. The Bertz CT molecular complexity index is 332. The Balaban J connectivity index is 2.25. The molecule has 1 aromatic carbocycles. The van der Waals surface area contributed by atoms with E-state index in [0.29, 0.717) is 5.92 Å². The maximum Gasteiger partial charge on any atom is 0.0608 e. The summed E-state index contributed by atoms with van der Waals surface area (Å²) in [5.74, 6) is 0.374. The smallest absolute Gasteiger partial charge is 0.0608 e. The van der Waals surface area contributed by atoms with E-state index in [9.17, 15) is 5.11 Å². The first-order valence-electron chi connectivity index (χ1n) is 6.58. The van der Waals surface area contributed by atoms with Crippen molar-refractivity contribution in [1.82, 2.24) is 0 Å². The lowest BCUT2D eigenvalue weighted by atomic mass is 9.86. The highest BCUT2D eigenvalue weighted by atomic mass is 16.3. The van der Waals surface area contributed by atoms with Crippen molar-refractivity contribution in [2.75, 3.05) is 0 Å². The second-order valence-electron chi connectivity index (χ2n) is 4.91. The molecule has 2 atom stereocenters. The van der Waals surface area contributed by atoms with Gasteiger partial charge in [0.2, 0.25) is 0 Å². The molecule has 0 heterocycles. The van der Waals surface area contributed by atoms with Crippen LogP contribution in [-0.2, 0) is 6.42 Å². The molecule has 1 aliphatic rings. The standard InChI is InChI=1S/C15H22O/c1-2-7-15(16)14-11-6-4-9-12-8-3-5-10-13(12)14/h3,5,8,10,14-16H,2,4,6-7,9,11H2,1H3. The fourth-order valence-corrected chi connectivity index (χ4v) is 2.86. The number of hydrogen-bond donors (Lipinski definition) is 1. The van der Waals surface area contributed by atoms with Crippen molar-refractivity contribution >= 4 is 0 Å². The van der Waals surface area contributed by atoms with Crippen molar-refractivity contribution in [3.05, 3.63) is 35.4 Å². The number of hydrogen-bond acceptors (Lipinski definition) is 1. The third-order valence-electron chi connectivity index (χ3n) is 3.71. The predicted octanol–water partition coefficient (Wildman–Crippen LogP) is 3.66. The average Bonchev–Trinajstić information content (AvgIpc) is 2.51. The van der Waals surface area contributed by atoms with Gasteiger partial charge in [0.05, 0.1) is 6.10 Å². The number of benzene rings is 1. The Morgan fingerprint density at radius 3 is 2.94 bits per heavy atom. The number of fused-ring (bicyclic) bond motifs is 1.